The van der Waals surface area contributed by atoms with Gasteiger partial charge in [0.1, 0.15) is 11.3 Å². The maximum atomic E-state index is 12.5. The van der Waals surface area contributed by atoms with Crippen LogP contribution in [0.25, 0.3) is 0 Å². The molecule has 1 aliphatic rings. The zero-order chi connectivity index (χ0) is 16.3. The van der Waals surface area contributed by atoms with E-state index in [4.69, 9.17) is 4.74 Å². The molecule has 2 rings (SSSR count). The van der Waals surface area contributed by atoms with Gasteiger partial charge in [-0.1, -0.05) is 19.1 Å². The number of methoxy groups -OCH3 is 1. The maximum Gasteiger partial charge on any atom is 0.329 e. The summed E-state index contributed by atoms with van der Waals surface area (Å²) in [5.74, 6) is -0.196. The lowest BCUT2D eigenvalue weighted by Gasteiger charge is -2.32. The Labute approximate surface area is 130 Å². The largest absolute Gasteiger partial charge is 0.497 e. The molecule has 2 atom stereocenters. The van der Waals surface area contributed by atoms with Crippen LogP contribution in [0.2, 0.25) is 0 Å². The Bertz CT molecular complexity index is 554. The van der Waals surface area contributed by atoms with Gasteiger partial charge in [-0.05, 0) is 43.4 Å². The molecule has 5 nitrogen and oxygen atoms in total. The number of hydrogen-bond acceptors (Lipinski definition) is 3. The average molecular weight is 305 g/mol. The summed E-state index contributed by atoms with van der Waals surface area (Å²) in [6, 6.07) is 7.62. The van der Waals surface area contributed by atoms with Gasteiger partial charge in [0.15, 0.2) is 0 Å². The maximum absolute atomic E-state index is 12.5. The molecule has 1 fully saturated rings. The van der Waals surface area contributed by atoms with E-state index < -0.39 is 11.5 Å². The second-order valence-electron chi connectivity index (χ2n) is 6.11. The van der Waals surface area contributed by atoms with Crippen LogP contribution < -0.4 is 4.74 Å². The number of hydrogen-bond donors (Lipinski definition) is 1. The van der Waals surface area contributed by atoms with E-state index >= 15 is 0 Å². The minimum atomic E-state index is -1.06. The molecular formula is C17H23NO4. The quantitative estimate of drug-likeness (QED) is 0.908. The third-order valence-corrected chi connectivity index (χ3v) is 4.57. The van der Waals surface area contributed by atoms with Crippen molar-refractivity contribution in [3.8, 4) is 5.75 Å². The molecule has 0 saturated carbocycles. The zero-order valence-electron chi connectivity index (χ0n) is 13.3. The predicted molar refractivity (Wildman–Crippen MR) is 83.0 cm³/mol. The number of rotatable bonds is 5. The summed E-state index contributed by atoms with van der Waals surface area (Å²) >= 11 is 0. The summed E-state index contributed by atoms with van der Waals surface area (Å²) in [5.41, 5.74) is -0.0122. The van der Waals surface area contributed by atoms with Crippen molar-refractivity contribution in [3.05, 3.63) is 29.8 Å². The fourth-order valence-electron chi connectivity index (χ4n) is 3.01. The number of carbonyl (C=O) groups is 2. The Hall–Kier alpha value is -2.04. The van der Waals surface area contributed by atoms with Gasteiger partial charge in [-0.15, -0.1) is 0 Å². The Morgan fingerprint density at radius 3 is 2.55 bits per heavy atom. The molecule has 2 unspecified atom stereocenters. The molecule has 0 aromatic heterocycles. The Morgan fingerprint density at radius 2 is 2.00 bits per heavy atom. The summed E-state index contributed by atoms with van der Waals surface area (Å²) < 4.78 is 5.12. The van der Waals surface area contributed by atoms with Crippen molar-refractivity contribution in [2.45, 2.75) is 44.6 Å². The first-order chi connectivity index (χ1) is 10.4. The molecule has 0 spiro atoms. The third kappa shape index (κ3) is 3.08. The van der Waals surface area contributed by atoms with Gasteiger partial charge in [0, 0.05) is 13.0 Å². The van der Waals surface area contributed by atoms with E-state index in [2.05, 4.69) is 0 Å². The summed E-state index contributed by atoms with van der Waals surface area (Å²) in [6.07, 6.45) is 1.58. The van der Waals surface area contributed by atoms with Crippen molar-refractivity contribution in [1.29, 1.82) is 0 Å². The van der Waals surface area contributed by atoms with E-state index in [0.29, 0.717) is 19.4 Å². The Morgan fingerprint density at radius 1 is 1.36 bits per heavy atom. The Balaban J connectivity index is 2.06. The van der Waals surface area contributed by atoms with Crippen molar-refractivity contribution in [2.75, 3.05) is 13.7 Å². The van der Waals surface area contributed by atoms with Crippen LogP contribution in [0.5, 0.6) is 5.75 Å². The highest BCUT2D eigenvalue weighted by Gasteiger charge is 2.45. The van der Waals surface area contributed by atoms with Crippen molar-refractivity contribution >= 4 is 11.9 Å². The monoisotopic (exact) mass is 305 g/mol. The number of benzene rings is 1. The van der Waals surface area contributed by atoms with Crippen LogP contribution in [0.15, 0.2) is 24.3 Å². The molecule has 1 aromatic rings. The van der Waals surface area contributed by atoms with Crippen LogP contribution in [0.4, 0.5) is 0 Å². The number of carboxylic acid groups (broad SMARTS) is 1. The van der Waals surface area contributed by atoms with Gasteiger partial charge in [0.05, 0.1) is 7.11 Å². The lowest BCUT2D eigenvalue weighted by molar-refractivity contribution is -0.155. The van der Waals surface area contributed by atoms with E-state index in [1.807, 2.05) is 31.2 Å². The molecule has 1 aromatic carbocycles. The van der Waals surface area contributed by atoms with Crippen LogP contribution >= 0.6 is 0 Å². The van der Waals surface area contributed by atoms with Gasteiger partial charge in [-0.3, -0.25) is 4.79 Å². The van der Waals surface area contributed by atoms with Gasteiger partial charge in [-0.25, -0.2) is 4.79 Å². The average Bonchev–Trinajstić information content (AvgIpc) is 2.90. The highest BCUT2D eigenvalue weighted by atomic mass is 16.5. The standard InChI is InChI=1S/C17H23NO4/c1-12(13-5-7-14(22-3)8-6-13)11-15(19)18-10-4-9-17(18,2)16(20)21/h5-8,12H,4,9-11H2,1-3H3,(H,20,21). The van der Waals surface area contributed by atoms with Crippen LogP contribution in [-0.2, 0) is 9.59 Å². The fourth-order valence-corrected chi connectivity index (χ4v) is 3.01. The third-order valence-electron chi connectivity index (χ3n) is 4.57. The number of ether oxygens (including phenoxy) is 1. The minimum absolute atomic E-state index is 0.0389. The smallest absolute Gasteiger partial charge is 0.329 e. The second-order valence-corrected chi connectivity index (χ2v) is 6.11. The first-order valence-electron chi connectivity index (χ1n) is 7.56. The molecular weight excluding hydrogens is 282 g/mol. The molecule has 1 amide bonds. The SMILES string of the molecule is COc1ccc(C(C)CC(=O)N2CCCC2(C)C(=O)O)cc1. The summed E-state index contributed by atoms with van der Waals surface area (Å²) in [6.45, 7) is 4.14. The zero-order valence-corrected chi connectivity index (χ0v) is 13.3. The first kappa shape index (κ1) is 16.3. The molecule has 5 heteroatoms. The topological polar surface area (TPSA) is 66.8 Å². The summed E-state index contributed by atoms with van der Waals surface area (Å²) in [7, 11) is 1.61. The van der Waals surface area contributed by atoms with Crippen LogP contribution in [0.1, 0.15) is 44.6 Å². The number of carbonyl (C=O) groups excluding carboxylic acids is 1. The van der Waals surface area contributed by atoms with Gasteiger partial charge < -0.3 is 14.7 Å². The lowest BCUT2D eigenvalue weighted by atomic mass is 9.95. The lowest BCUT2D eigenvalue weighted by Crippen LogP contribution is -2.50. The van der Waals surface area contributed by atoms with Crippen molar-refractivity contribution in [1.82, 2.24) is 4.90 Å². The number of aliphatic carboxylic acids is 1. The molecule has 0 bridgehead atoms. The van der Waals surface area contributed by atoms with E-state index in [9.17, 15) is 14.7 Å². The Kier molecular flexibility index (Phi) is 4.74. The molecule has 1 aliphatic heterocycles. The molecule has 1 saturated heterocycles. The normalized spacial score (nSPS) is 22.4. The van der Waals surface area contributed by atoms with Crippen LogP contribution in [0.3, 0.4) is 0 Å². The predicted octanol–water partition coefficient (Wildman–Crippen LogP) is 2.65. The fraction of sp³-hybridized carbons (Fsp3) is 0.529. The number of nitrogens with zero attached hydrogens (tertiary/aromatic N) is 1. The highest BCUT2D eigenvalue weighted by Crippen LogP contribution is 2.32. The van der Waals surface area contributed by atoms with Crippen molar-refractivity contribution in [2.24, 2.45) is 0 Å². The second kappa shape index (κ2) is 6.38. The first-order valence-corrected chi connectivity index (χ1v) is 7.56. The molecule has 0 radical (unpaired) electrons. The molecule has 1 N–H and O–H groups in total. The molecule has 1 heterocycles. The number of amides is 1. The van der Waals surface area contributed by atoms with Gasteiger partial charge >= 0.3 is 5.97 Å². The summed E-state index contributed by atoms with van der Waals surface area (Å²) in [4.78, 5) is 25.5. The summed E-state index contributed by atoms with van der Waals surface area (Å²) in [5, 5.41) is 9.39. The molecule has 0 aliphatic carbocycles. The van der Waals surface area contributed by atoms with Gasteiger partial charge in [0.2, 0.25) is 5.91 Å². The van der Waals surface area contributed by atoms with E-state index in [-0.39, 0.29) is 11.8 Å². The van der Waals surface area contributed by atoms with Gasteiger partial charge in [0.25, 0.3) is 0 Å². The molecule has 22 heavy (non-hydrogen) atoms. The van der Waals surface area contributed by atoms with Crippen LogP contribution in [-0.4, -0.2) is 41.1 Å². The van der Waals surface area contributed by atoms with Crippen molar-refractivity contribution in [3.63, 3.8) is 0 Å². The number of likely N-dealkylation sites (tertiary alicyclic amines) is 1. The van der Waals surface area contributed by atoms with Gasteiger partial charge in [-0.2, -0.15) is 0 Å². The van der Waals surface area contributed by atoms with Crippen LogP contribution in [0, 0.1) is 0 Å². The van der Waals surface area contributed by atoms with Crippen molar-refractivity contribution < 1.29 is 19.4 Å². The van der Waals surface area contributed by atoms with E-state index in [1.165, 1.54) is 4.90 Å². The van der Waals surface area contributed by atoms with E-state index in [0.717, 1.165) is 17.7 Å². The highest BCUT2D eigenvalue weighted by molar-refractivity contribution is 5.87. The number of carboxylic acids is 1. The molecule has 120 valence electrons. The van der Waals surface area contributed by atoms with E-state index in [1.54, 1.807) is 14.0 Å². The minimum Gasteiger partial charge on any atom is -0.497 e.